The summed E-state index contributed by atoms with van der Waals surface area (Å²) in [7, 11) is 0. The van der Waals surface area contributed by atoms with Gasteiger partial charge in [0, 0.05) is 21.4 Å². The molecular weight excluding hydrogens is 472 g/mol. The number of imide groups is 1. The minimum Gasteiger partial charge on any atom is -0.455 e. The number of halogens is 4. The smallest absolute Gasteiger partial charge is 0.286 e. The Morgan fingerprint density at radius 2 is 1.70 bits per heavy atom. The Labute approximate surface area is 191 Å². The first-order valence-corrected chi connectivity index (χ1v) is 10.6. The van der Waals surface area contributed by atoms with E-state index >= 15 is 0 Å². The lowest BCUT2D eigenvalue weighted by atomic mass is 10.2. The molecule has 0 bridgehead atoms. The number of benzene rings is 3. The number of para-hydroxylation sites is 1. The van der Waals surface area contributed by atoms with Crippen LogP contribution in [0.3, 0.4) is 0 Å². The van der Waals surface area contributed by atoms with Crippen LogP contribution in [0, 0.1) is 5.82 Å². The molecule has 0 saturated heterocycles. The topological polar surface area (TPSA) is 55.4 Å². The molecule has 0 saturated carbocycles. The maximum Gasteiger partial charge on any atom is 0.286 e. The molecule has 0 atom stereocenters. The molecule has 0 aliphatic heterocycles. The van der Waals surface area contributed by atoms with Gasteiger partial charge in [0.15, 0.2) is 0 Å². The van der Waals surface area contributed by atoms with E-state index in [4.69, 9.17) is 39.5 Å². The normalized spacial score (nSPS) is 10.5. The lowest BCUT2D eigenvalue weighted by Gasteiger charge is -2.12. The first kappa shape index (κ1) is 22.4. The third-order valence-corrected chi connectivity index (χ3v) is 5.55. The highest BCUT2D eigenvalue weighted by Crippen LogP contribution is 2.33. The van der Waals surface area contributed by atoms with Gasteiger partial charge in [-0.25, -0.2) is 4.39 Å². The third-order valence-electron chi connectivity index (χ3n) is 3.87. The fourth-order valence-electron chi connectivity index (χ4n) is 2.42. The van der Waals surface area contributed by atoms with Gasteiger partial charge in [-0.15, -0.1) is 0 Å². The standard InChI is InChI=1S/C21H13Cl3FNO3S/c22-12-8-9-19(16(24)10-12)29-18-7-2-1-4-13(18)20(27)26-21(28)30-11-14-15(23)5-3-6-17(14)25/h1-10H,11H2,(H,26,27,28). The molecule has 30 heavy (non-hydrogen) atoms. The molecule has 1 N–H and O–H groups in total. The summed E-state index contributed by atoms with van der Waals surface area (Å²) in [5, 5.41) is 2.51. The van der Waals surface area contributed by atoms with Crippen molar-refractivity contribution in [2.45, 2.75) is 5.75 Å². The fourth-order valence-corrected chi connectivity index (χ4v) is 3.91. The first-order chi connectivity index (χ1) is 14.3. The Morgan fingerprint density at radius 1 is 0.933 bits per heavy atom. The van der Waals surface area contributed by atoms with Crippen LogP contribution in [0.2, 0.25) is 15.1 Å². The number of hydrogen-bond acceptors (Lipinski definition) is 4. The maximum absolute atomic E-state index is 13.8. The highest BCUT2D eigenvalue weighted by molar-refractivity contribution is 8.12. The maximum atomic E-state index is 13.8. The average Bonchev–Trinajstić information content (AvgIpc) is 2.70. The zero-order valence-electron chi connectivity index (χ0n) is 15.1. The SMILES string of the molecule is O=C(NC(=O)c1ccccc1Oc1ccc(Cl)cc1Cl)SCc1c(F)cccc1Cl. The summed E-state index contributed by atoms with van der Waals surface area (Å²) in [5.41, 5.74) is 0.314. The lowest BCUT2D eigenvalue weighted by Crippen LogP contribution is -2.27. The Bertz CT molecular complexity index is 1090. The zero-order chi connectivity index (χ0) is 21.7. The Hall–Kier alpha value is -2.25. The molecule has 2 amide bonds. The van der Waals surface area contributed by atoms with Crippen LogP contribution in [0.15, 0.2) is 60.7 Å². The van der Waals surface area contributed by atoms with E-state index in [1.165, 1.54) is 30.3 Å². The molecule has 3 rings (SSSR count). The number of hydrogen-bond donors (Lipinski definition) is 1. The van der Waals surface area contributed by atoms with Crippen LogP contribution in [0.5, 0.6) is 11.5 Å². The second kappa shape index (κ2) is 10.2. The van der Waals surface area contributed by atoms with Crippen molar-refractivity contribution in [3.05, 3.63) is 92.7 Å². The highest BCUT2D eigenvalue weighted by atomic mass is 35.5. The average molecular weight is 485 g/mol. The predicted molar refractivity (Wildman–Crippen MR) is 119 cm³/mol. The molecule has 0 aliphatic rings. The van der Waals surface area contributed by atoms with Gasteiger partial charge in [-0.2, -0.15) is 0 Å². The van der Waals surface area contributed by atoms with Gasteiger partial charge in [0.05, 0.1) is 10.6 Å². The van der Waals surface area contributed by atoms with Gasteiger partial charge < -0.3 is 4.74 Å². The molecule has 9 heteroatoms. The number of carbonyl (C=O) groups excluding carboxylic acids is 2. The van der Waals surface area contributed by atoms with E-state index in [2.05, 4.69) is 5.32 Å². The predicted octanol–water partition coefficient (Wildman–Crippen LogP) is 7.36. The Balaban J connectivity index is 1.69. The minimum absolute atomic E-state index is 0.0247. The quantitative estimate of drug-likeness (QED) is 0.411. The Morgan fingerprint density at radius 3 is 2.43 bits per heavy atom. The largest absolute Gasteiger partial charge is 0.455 e. The molecule has 0 aromatic heterocycles. The molecule has 3 aromatic rings. The molecule has 0 fully saturated rings. The van der Waals surface area contributed by atoms with E-state index < -0.39 is 17.0 Å². The van der Waals surface area contributed by atoms with Crippen LogP contribution < -0.4 is 10.1 Å². The van der Waals surface area contributed by atoms with Gasteiger partial charge in [-0.1, -0.05) is 64.8 Å². The van der Waals surface area contributed by atoms with Crippen LogP contribution in [-0.4, -0.2) is 11.1 Å². The van der Waals surface area contributed by atoms with Gasteiger partial charge in [0.1, 0.15) is 17.3 Å². The van der Waals surface area contributed by atoms with E-state index in [1.807, 2.05) is 0 Å². The number of ether oxygens (including phenoxy) is 1. The molecule has 0 aliphatic carbocycles. The number of rotatable bonds is 5. The van der Waals surface area contributed by atoms with Crippen LogP contribution >= 0.6 is 46.6 Å². The van der Waals surface area contributed by atoms with Crippen molar-refractivity contribution in [3.63, 3.8) is 0 Å². The van der Waals surface area contributed by atoms with Gasteiger partial charge in [0.2, 0.25) is 0 Å². The third kappa shape index (κ3) is 5.67. The fraction of sp³-hybridized carbons (Fsp3) is 0.0476. The number of amides is 2. The highest BCUT2D eigenvalue weighted by Gasteiger charge is 2.18. The second-order valence-corrected chi connectivity index (χ2v) is 8.10. The van der Waals surface area contributed by atoms with E-state index in [0.717, 1.165) is 11.8 Å². The van der Waals surface area contributed by atoms with E-state index in [9.17, 15) is 14.0 Å². The van der Waals surface area contributed by atoms with Crippen LogP contribution in [0.25, 0.3) is 0 Å². The van der Waals surface area contributed by atoms with Crippen molar-refractivity contribution >= 4 is 57.7 Å². The monoisotopic (exact) mass is 483 g/mol. The van der Waals surface area contributed by atoms with E-state index in [1.54, 1.807) is 30.3 Å². The molecule has 3 aromatic carbocycles. The molecular formula is C21H13Cl3FNO3S. The lowest BCUT2D eigenvalue weighted by molar-refractivity contribution is 0.0967. The summed E-state index contributed by atoms with van der Waals surface area (Å²) in [4.78, 5) is 24.7. The van der Waals surface area contributed by atoms with Crippen molar-refractivity contribution in [2.24, 2.45) is 0 Å². The summed E-state index contributed by atoms with van der Waals surface area (Å²) in [6.07, 6.45) is 0. The van der Waals surface area contributed by atoms with E-state index in [-0.39, 0.29) is 32.7 Å². The van der Waals surface area contributed by atoms with Crippen molar-refractivity contribution in [1.82, 2.24) is 5.32 Å². The molecule has 154 valence electrons. The molecule has 0 heterocycles. The van der Waals surface area contributed by atoms with Crippen molar-refractivity contribution in [2.75, 3.05) is 0 Å². The molecule has 0 radical (unpaired) electrons. The second-order valence-electron chi connectivity index (χ2n) is 5.90. The summed E-state index contributed by atoms with van der Waals surface area (Å²) in [6.45, 7) is 0. The Kier molecular flexibility index (Phi) is 7.61. The zero-order valence-corrected chi connectivity index (χ0v) is 18.2. The number of carbonyl (C=O) groups is 2. The van der Waals surface area contributed by atoms with Gasteiger partial charge in [-0.3, -0.25) is 14.9 Å². The summed E-state index contributed by atoms with van der Waals surface area (Å²) in [6, 6.07) is 15.3. The van der Waals surface area contributed by atoms with Gasteiger partial charge in [-0.05, 0) is 42.5 Å². The van der Waals surface area contributed by atoms with E-state index in [0.29, 0.717) is 10.8 Å². The molecule has 4 nitrogen and oxygen atoms in total. The van der Waals surface area contributed by atoms with Crippen molar-refractivity contribution in [3.8, 4) is 11.5 Å². The molecule has 0 unspecified atom stereocenters. The number of thioether (sulfide) groups is 1. The summed E-state index contributed by atoms with van der Waals surface area (Å²) < 4.78 is 19.5. The van der Waals surface area contributed by atoms with Crippen molar-refractivity contribution < 1.29 is 18.7 Å². The van der Waals surface area contributed by atoms with Gasteiger partial charge in [0.25, 0.3) is 11.1 Å². The van der Waals surface area contributed by atoms with Crippen LogP contribution in [0.1, 0.15) is 15.9 Å². The first-order valence-electron chi connectivity index (χ1n) is 8.48. The van der Waals surface area contributed by atoms with Crippen LogP contribution in [-0.2, 0) is 5.75 Å². The summed E-state index contributed by atoms with van der Waals surface area (Å²) >= 11 is 18.7. The molecule has 0 spiro atoms. The number of nitrogens with one attached hydrogen (secondary N) is 1. The van der Waals surface area contributed by atoms with Crippen molar-refractivity contribution in [1.29, 1.82) is 0 Å². The minimum atomic E-state index is -0.673. The van der Waals surface area contributed by atoms with Gasteiger partial charge >= 0.3 is 0 Å². The summed E-state index contributed by atoms with van der Waals surface area (Å²) in [5.74, 6) is -0.714. The van der Waals surface area contributed by atoms with Crippen LogP contribution in [0.4, 0.5) is 9.18 Å².